The van der Waals surface area contributed by atoms with Crippen molar-refractivity contribution >= 4 is 12.0 Å². The highest BCUT2D eigenvalue weighted by Gasteiger charge is 2.38. The molecule has 0 bridgehead atoms. The van der Waals surface area contributed by atoms with Gasteiger partial charge in [-0.3, -0.25) is 24.5 Å². The lowest BCUT2D eigenvalue weighted by molar-refractivity contribution is -0.140. The zero-order valence-corrected chi connectivity index (χ0v) is 16.2. The van der Waals surface area contributed by atoms with Crippen molar-refractivity contribution in [1.82, 2.24) is 20.3 Å². The molecule has 2 heterocycles. The average molecular weight is 384 g/mol. The summed E-state index contributed by atoms with van der Waals surface area (Å²) >= 11 is 0. The van der Waals surface area contributed by atoms with E-state index in [1.54, 1.807) is 33.2 Å². The SMILES string of the molecule is CC(C)(C)OC(=O)N1Cc2nccnc2CC1C(=O)NOCc1ccccc1. The highest BCUT2D eigenvalue weighted by molar-refractivity contribution is 5.85. The topological polar surface area (TPSA) is 93.7 Å². The van der Waals surface area contributed by atoms with Crippen LogP contribution in [0.3, 0.4) is 0 Å². The fraction of sp³-hybridized carbons (Fsp3) is 0.400. The van der Waals surface area contributed by atoms with Crippen molar-refractivity contribution in [2.75, 3.05) is 0 Å². The molecule has 28 heavy (non-hydrogen) atoms. The molecule has 1 atom stereocenters. The summed E-state index contributed by atoms with van der Waals surface area (Å²) in [4.78, 5) is 40.7. The normalized spacial score (nSPS) is 16.2. The van der Waals surface area contributed by atoms with Gasteiger partial charge in [-0.2, -0.15) is 0 Å². The summed E-state index contributed by atoms with van der Waals surface area (Å²) in [5, 5.41) is 0. The van der Waals surface area contributed by atoms with Crippen LogP contribution in [0.15, 0.2) is 42.7 Å². The summed E-state index contributed by atoms with van der Waals surface area (Å²) in [5.74, 6) is -0.432. The summed E-state index contributed by atoms with van der Waals surface area (Å²) in [6.07, 6.45) is 2.80. The van der Waals surface area contributed by atoms with Gasteiger partial charge in [0.1, 0.15) is 11.6 Å². The van der Waals surface area contributed by atoms with Crippen molar-refractivity contribution in [1.29, 1.82) is 0 Å². The van der Waals surface area contributed by atoms with Gasteiger partial charge >= 0.3 is 6.09 Å². The van der Waals surface area contributed by atoms with Gasteiger partial charge in [-0.25, -0.2) is 10.3 Å². The van der Waals surface area contributed by atoms with Gasteiger partial charge < -0.3 is 4.74 Å². The molecule has 0 saturated heterocycles. The molecule has 2 aromatic rings. The highest BCUT2D eigenvalue weighted by atomic mass is 16.7. The number of rotatable bonds is 4. The van der Waals surface area contributed by atoms with E-state index in [9.17, 15) is 9.59 Å². The van der Waals surface area contributed by atoms with Gasteiger partial charge in [0.2, 0.25) is 0 Å². The molecular formula is C20H24N4O4. The van der Waals surface area contributed by atoms with E-state index >= 15 is 0 Å². The maximum absolute atomic E-state index is 12.7. The van der Waals surface area contributed by atoms with E-state index in [-0.39, 0.29) is 19.6 Å². The fourth-order valence-corrected chi connectivity index (χ4v) is 2.84. The number of benzene rings is 1. The summed E-state index contributed by atoms with van der Waals surface area (Å²) in [7, 11) is 0. The predicted molar refractivity (Wildman–Crippen MR) is 101 cm³/mol. The van der Waals surface area contributed by atoms with Crippen LogP contribution in [0.5, 0.6) is 0 Å². The van der Waals surface area contributed by atoms with E-state index in [4.69, 9.17) is 9.57 Å². The van der Waals surface area contributed by atoms with Crippen LogP contribution < -0.4 is 5.48 Å². The van der Waals surface area contributed by atoms with Crippen LogP contribution in [-0.4, -0.2) is 38.5 Å². The van der Waals surface area contributed by atoms with Gasteiger partial charge in [-0.15, -0.1) is 0 Å². The Morgan fingerprint density at radius 1 is 1.14 bits per heavy atom. The Morgan fingerprint density at radius 2 is 1.82 bits per heavy atom. The second kappa shape index (κ2) is 8.35. The molecule has 8 nitrogen and oxygen atoms in total. The van der Waals surface area contributed by atoms with E-state index in [2.05, 4.69) is 15.4 Å². The summed E-state index contributed by atoms with van der Waals surface area (Å²) in [6, 6.07) is 8.68. The molecule has 0 fully saturated rings. The molecule has 0 saturated carbocycles. The first-order valence-electron chi connectivity index (χ1n) is 9.07. The number of carbonyl (C=O) groups excluding carboxylic acids is 2. The van der Waals surface area contributed by atoms with Gasteiger partial charge in [0.05, 0.1) is 24.5 Å². The molecule has 148 valence electrons. The highest BCUT2D eigenvalue weighted by Crippen LogP contribution is 2.23. The van der Waals surface area contributed by atoms with Crippen molar-refractivity contribution in [3.8, 4) is 0 Å². The first-order chi connectivity index (χ1) is 13.3. The number of hydroxylamine groups is 1. The molecule has 1 aromatic carbocycles. The number of nitrogens with zero attached hydrogens (tertiary/aromatic N) is 3. The molecule has 1 aromatic heterocycles. The van der Waals surface area contributed by atoms with Crippen molar-refractivity contribution < 1.29 is 19.2 Å². The van der Waals surface area contributed by atoms with Crippen molar-refractivity contribution in [3.63, 3.8) is 0 Å². The average Bonchev–Trinajstić information content (AvgIpc) is 2.66. The van der Waals surface area contributed by atoms with E-state index in [1.165, 1.54) is 4.90 Å². The Bertz CT molecular complexity index is 836. The van der Waals surface area contributed by atoms with Crippen molar-refractivity contribution in [3.05, 3.63) is 59.7 Å². The minimum Gasteiger partial charge on any atom is -0.444 e. The monoisotopic (exact) mass is 384 g/mol. The maximum Gasteiger partial charge on any atom is 0.411 e. The van der Waals surface area contributed by atoms with Crippen LogP contribution in [0.2, 0.25) is 0 Å². The lowest BCUT2D eigenvalue weighted by atomic mass is 10.0. The molecule has 0 aliphatic carbocycles. The van der Waals surface area contributed by atoms with Gasteiger partial charge in [0.15, 0.2) is 0 Å². The van der Waals surface area contributed by atoms with E-state index in [1.807, 2.05) is 30.3 Å². The Labute approximate surface area is 163 Å². The number of hydrogen-bond acceptors (Lipinski definition) is 6. The smallest absolute Gasteiger partial charge is 0.411 e. The van der Waals surface area contributed by atoms with Crippen molar-refractivity contribution in [2.45, 2.75) is 52.0 Å². The van der Waals surface area contributed by atoms with Crippen molar-refractivity contribution in [2.24, 2.45) is 0 Å². The largest absolute Gasteiger partial charge is 0.444 e. The maximum atomic E-state index is 12.7. The minimum atomic E-state index is -0.796. The molecule has 8 heteroatoms. The number of ether oxygens (including phenoxy) is 1. The Hall–Kier alpha value is -3.00. The Balaban J connectivity index is 1.71. The van der Waals surface area contributed by atoms with Gasteiger partial charge in [-0.1, -0.05) is 30.3 Å². The first kappa shape index (κ1) is 19.8. The van der Waals surface area contributed by atoms with Gasteiger partial charge in [0.25, 0.3) is 5.91 Å². The molecule has 3 rings (SSSR count). The standard InChI is InChI=1S/C20H24N4O4/c1-20(2,3)28-19(26)24-12-16-15(21-9-10-22-16)11-17(24)18(25)23-27-13-14-7-5-4-6-8-14/h4-10,17H,11-13H2,1-3H3,(H,23,25). The first-order valence-corrected chi connectivity index (χ1v) is 9.07. The lowest BCUT2D eigenvalue weighted by Crippen LogP contribution is -2.54. The number of carbonyl (C=O) groups is 2. The van der Waals surface area contributed by atoms with Crippen LogP contribution in [0.4, 0.5) is 4.79 Å². The molecular weight excluding hydrogens is 360 g/mol. The molecule has 0 spiro atoms. The van der Waals surface area contributed by atoms with Gasteiger partial charge in [0, 0.05) is 18.8 Å². The minimum absolute atomic E-state index is 0.148. The van der Waals surface area contributed by atoms with Crippen LogP contribution in [0.25, 0.3) is 0 Å². The Kier molecular flexibility index (Phi) is 5.89. The number of hydrogen-bond donors (Lipinski definition) is 1. The van der Waals surface area contributed by atoms with E-state index < -0.39 is 23.6 Å². The molecule has 1 unspecified atom stereocenters. The van der Waals surface area contributed by atoms with Crippen LogP contribution in [0.1, 0.15) is 37.7 Å². The van der Waals surface area contributed by atoms with E-state index in [0.29, 0.717) is 11.4 Å². The predicted octanol–water partition coefficient (Wildman–Crippen LogP) is 2.39. The second-order valence-electron chi connectivity index (χ2n) is 7.52. The van der Waals surface area contributed by atoms with Crippen LogP contribution in [0, 0.1) is 0 Å². The number of nitrogens with one attached hydrogen (secondary N) is 1. The zero-order valence-electron chi connectivity index (χ0n) is 16.2. The second-order valence-corrected chi connectivity index (χ2v) is 7.52. The Morgan fingerprint density at radius 3 is 2.50 bits per heavy atom. The summed E-state index contributed by atoms with van der Waals surface area (Å²) < 4.78 is 5.46. The van der Waals surface area contributed by atoms with Crippen LogP contribution in [-0.2, 0) is 33.9 Å². The zero-order chi connectivity index (χ0) is 20.1. The molecule has 1 aliphatic rings. The molecule has 1 aliphatic heterocycles. The summed E-state index contributed by atoms with van der Waals surface area (Å²) in [5.41, 5.74) is 4.03. The number of amides is 2. The van der Waals surface area contributed by atoms with Gasteiger partial charge in [-0.05, 0) is 26.3 Å². The third kappa shape index (κ3) is 5.04. The van der Waals surface area contributed by atoms with Crippen LogP contribution >= 0.6 is 0 Å². The number of fused-ring (bicyclic) bond motifs is 1. The molecule has 2 amide bonds. The molecule has 0 radical (unpaired) electrons. The third-order valence-corrected chi connectivity index (χ3v) is 4.13. The third-order valence-electron chi connectivity index (χ3n) is 4.13. The molecule has 1 N–H and O–H groups in total. The summed E-state index contributed by atoms with van der Waals surface area (Å²) in [6.45, 7) is 5.71. The van der Waals surface area contributed by atoms with E-state index in [0.717, 1.165) is 5.56 Å². The fourth-order valence-electron chi connectivity index (χ4n) is 2.84. The lowest BCUT2D eigenvalue weighted by Gasteiger charge is -2.35. The quantitative estimate of drug-likeness (QED) is 0.814. The number of aromatic nitrogens is 2.